The summed E-state index contributed by atoms with van der Waals surface area (Å²) >= 11 is 0. The third-order valence-electron chi connectivity index (χ3n) is 5.89. The van der Waals surface area contributed by atoms with Gasteiger partial charge in [0, 0.05) is 56.0 Å². The van der Waals surface area contributed by atoms with Gasteiger partial charge in [-0.3, -0.25) is 19.8 Å². The lowest BCUT2D eigenvalue weighted by Crippen LogP contribution is -2.44. The Labute approximate surface area is 191 Å². The van der Waals surface area contributed by atoms with Gasteiger partial charge in [-0.05, 0) is 25.0 Å². The fourth-order valence-electron chi connectivity index (χ4n) is 4.15. The Morgan fingerprint density at radius 1 is 1.03 bits per heavy atom. The zero-order valence-corrected chi connectivity index (χ0v) is 18.4. The van der Waals surface area contributed by atoms with Crippen LogP contribution in [0.25, 0.3) is 0 Å². The number of aliphatic hydroxyl groups excluding tert-OH is 1. The molecule has 33 heavy (non-hydrogen) atoms. The summed E-state index contributed by atoms with van der Waals surface area (Å²) in [5.74, 6) is -2.73. The number of aliphatic carboxylic acids is 2. The van der Waals surface area contributed by atoms with Crippen molar-refractivity contribution in [3.05, 3.63) is 52.1 Å². The number of hydrogen-bond acceptors (Lipinski definition) is 7. The molecule has 2 aliphatic rings. The minimum atomic E-state index is -1.26. The van der Waals surface area contributed by atoms with Crippen LogP contribution < -0.4 is 0 Å². The van der Waals surface area contributed by atoms with Gasteiger partial charge in [-0.15, -0.1) is 0 Å². The Morgan fingerprint density at radius 2 is 1.58 bits per heavy atom. The van der Waals surface area contributed by atoms with E-state index in [0.717, 1.165) is 0 Å². The summed E-state index contributed by atoms with van der Waals surface area (Å²) in [6.07, 6.45) is 6.64. The SMILES string of the molecule is CN(C(=O)c1ccc([N+](=O)[O-])cc1)[C@@H]1CN(C2CCCCC2)C[C@H]1O.O=C(O)C=CC(=O)O. The Bertz CT molecular complexity index is 864. The minimum absolute atomic E-state index is 0.0384. The van der Waals surface area contributed by atoms with E-state index in [1.165, 1.54) is 56.4 Å². The Balaban J connectivity index is 0.000000414. The molecule has 1 aliphatic carbocycles. The first kappa shape index (κ1) is 25.9. The summed E-state index contributed by atoms with van der Waals surface area (Å²) in [7, 11) is 1.70. The van der Waals surface area contributed by atoms with Crippen LogP contribution >= 0.6 is 0 Å². The van der Waals surface area contributed by atoms with Crippen molar-refractivity contribution < 1.29 is 34.6 Å². The highest BCUT2D eigenvalue weighted by Crippen LogP contribution is 2.27. The summed E-state index contributed by atoms with van der Waals surface area (Å²) in [5.41, 5.74) is 0.361. The minimum Gasteiger partial charge on any atom is -0.478 e. The molecule has 0 bridgehead atoms. The standard InChI is InChI=1S/C18H25N3O4.C4H4O4/c1-19(18(23)13-7-9-15(10-8-13)21(24)25)16-11-20(12-17(16)22)14-5-3-2-4-6-14;5-3(6)1-2-4(7)8/h7-10,14,16-17,22H,2-6,11-12H2,1H3;1-2H,(H,5,6)(H,7,8)/t16-,17-;/m1./s1. The number of carboxylic acids is 2. The van der Waals surface area contributed by atoms with Crippen LogP contribution in [0.5, 0.6) is 0 Å². The normalized spacial score (nSPS) is 21.3. The van der Waals surface area contributed by atoms with Gasteiger partial charge in [0.25, 0.3) is 11.6 Å². The van der Waals surface area contributed by atoms with Crippen LogP contribution in [-0.2, 0) is 9.59 Å². The third-order valence-corrected chi connectivity index (χ3v) is 5.89. The molecule has 0 unspecified atom stereocenters. The topological polar surface area (TPSA) is 162 Å². The van der Waals surface area contributed by atoms with Gasteiger partial charge in [0.1, 0.15) is 0 Å². The number of benzene rings is 1. The lowest BCUT2D eigenvalue weighted by atomic mass is 9.94. The number of nitro groups is 1. The second-order valence-corrected chi connectivity index (χ2v) is 8.11. The van der Waals surface area contributed by atoms with Crippen molar-refractivity contribution in [2.24, 2.45) is 0 Å². The predicted molar refractivity (Wildman–Crippen MR) is 118 cm³/mol. The molecule has 11 nitrogen and oxygen atoms in total. The largest absolute Gasteiger partial charge is 0.478 e. The predicted octanol–water partition coefficient (Wildman–Crippen LogP) is 1.76. The van der Waals surface area contributed by atoms with Crippen molar-refractivity contribution in [2.75, 3.05) is 20.1 Å². The maximum Gasteiger partial charge on any atom is 0.328 e. The highest BCUT2D eigenvalue weighted by Gasteiger charge is 2.39. The van der Waals surface area contributed by atoms with Gasteiger partial charge in [0.15, 0.2) is 0 Å². The smallest absolute Gasteiger partial charge is 0.328 e. The van der Waals surface area contributed by atoms with Crippen LogP contribution in [0.2, 0.25) is 0 Å². The summed E-state index contributed by atoms with van der Waals surface area (Å²) in [6, 6.07) is 5.87. The molecule has 2 fully saturated rings. The monoisotopic (exact) mass is 463 g/mol. The molecule has 1 amide bonds. The van der Waals surface area contributed by atoms with E-state index >= 15 is 0 Å². The molecule has 1 aliphatic heterocycles. The van der Waals surface area contributed by atoms with Crippen LogP contribution in [0.4, 0.5) is 5.69 Å². The van der Waals surface area contributed by atoms with Crippen LogP contribution in [0.15, 0.2) is 36.4 Å². The number of nitrogens with zero attached hydrogens (tertiary/aromatic N) is 3. The van der Waals surface area contributed by atoms with E-state index in [2.05, 4.69) is 4.90 Å². The molecule has 11 heteroatoms. The zero-order valence-electron chi connectivity index (χ0n) is 18.4. The molecule has 2 atom stereocenters. The quantitative estimate of drug-likeness (QED) is 0.324. The van der Waals surface area contributed by atoms with Gasteiger partial charge >= 0.3 is 11.9 Å². The molecular weight excluding hydrogens is 434 g/mol. The third kappa shape index (κ3) is 7.65. The molecule has 180 valence electrons. The number of hydrogen-bond donors (Lipinski definition) is 3. The fourth-order valence-corrected chi connectivity index (χ4v) is 4.15. The van der Waals surface area contributed by atoms with Crippen LogP contribution in [0.3, 0.4) is 0 Å². The maximum atomic E-state index is 12.7. The number of carboxylic acid groups (broad SMARTS) is 2. The van der Waals surface area contributed by atoms with Crippen LogP contribution in [-0.4, -0.2) is 86.2 Å². The summed E-state index contributed by atoms with van der Waals surface area (Å²) in [5, 5.41) is 36.8. The molecule has 1 saturated carbocycles. The van der Waals surface area contributed by atoms with Crippen molar-refractivity contribution in [1.82, 2.24) is 9.80 Å². The number of carbonyl (C=O) groups is 3. The average molecular weight is 463 g/mol. The van der Waals surface area contributed by atoms with Gasteiger partial charge in [0.05, 0.1) is 17.1 Å². The van der Waals surface area contributed by atoms with Crippen molar-refractivity contribution >= 4 is 23.5 Å². The number of rotatable bonds is 6. The molecular formula is C22H29N3O8. The number of amides is 1. The lowest BCUT2D eigenvalue weighted by molar-refractivity contribution is -0.384. The lowest BCUT2D eigenvalue weighted by Gasteiger charge is -2.31. The van der Waals surface area contributed by atoms with E-state index in [4.69, 9.17) is 10.2 Å². The molecule has 0 radical (unpaired) electrons. The van der Waals surface area contributed by atoms with E-state index in [1.807, 2.05) is 0 Å². The van der Waals surface area contributed by atoms with Gasteiger partial charge in [0.2, 0.25) is 0 Å². The summed E-state index contributed by atoms with van der Waals surface area (Å²) in [4.78, 5) is 45.9. The highest BCUT2D eigenvalue weighted by atomic mass is 16.6. The maximum absolute atomic E-state index is 12.7. The van der Waals surface area contributed by atoms with E-state index in [0.29, 0.717) is 36.8 Å². The molecule has 3 N–H and O–H groups in total. The molecule has 1 saturated heterocycles. The molecule has 0 aromatic heterocycles. The first-order chi connectivity index (χ1) is 15.6. The summed E-state index contributed by atoms with van der Waals surface area (Å²) < 4.78 is 0. The number of carbonyl (C=O) groups excluding carboxylic acids is 1. The van der Waals surface area contributed by atoms with Crippen LogP contribution in [0.1, 0.15) is 42.5 Å². The number of likely N-dealkylation sites (N-methyl/N-ethyl adjacent to an activating group) is 1. The highest BCUT2D eigenvalue weighted by molar-refractivity contribution is 5.94. The Hall–Kier alpha value is -3.31. The Morgan fingerprint density at radius 3 is 2.06 bits per heavy atom. The van der Waals surface area contributed by atoms with Crippen molar-refractivity contribution in [2.45, 2.75) is 50.3 Å². The van der Waals surface area contributed by atoms with E-state index in [-0.39, 0.29) is 17.6 Å². The fraction of sp³-hybridized carbons (Fsp3) is 0.500. The van der Waals surface area contributed by atoms with Crippen molar-refractivity contribution in [3.63, 3.8) is 0 Å². The second kappa shape index (κ2) is 12.1. The van der Waals surface area contributed by atoms with Gasteiger partial charge in [-0.25, -0.2) is 9.59 Å². The van der Waals surface area contributed by atoms with Crippen molar-refractivity contribution in [3.8, 4) is 0 Å². The van der Waals surface area contributed by atoms with Gasteiger partial charge in [-0.1, -0.05) is 19.3 Å². The zero-order chi connectivity index (χ0) is 24.5. The average Bonchev–Trinajstić information content (AvgIpc) is 3.19. The molecule has 1 aromatic rings. The van der Waals surface area contributed by atoms with Crippen LogP contribution in [0, 0.1) is 10.1 Å². The van der Waals surface area contributed by atoms with Gasteiger partial charge in [-0.2, -0.15) is 0 Å². The summed E-state index contributed by atoms with van der Waals surface area (Å²) in [6.45, 7) is 1.29. The molecule has 0 spiro atoms. The van der Waals surface area contributed by atoms with E-state index in [9.17, 15) is 29.6 Å². The number of aliphatic hydroxyl groups is 1. The number of β-amino-alcohol motifs (C(OH)–C–C–N with tert-alkyl or cyclic N) is 1. The number of nitro benzene ring substituents is 1. The first-order valence-corrected chi connectivity index (χ1v) is 10.7. The second-order valence-electron chi connectivity index (χ2n) is 8.11. The molecule has 1 aromatic carbocycles. The van der Waals surface area contributed by atoms with E-state index < -0.39 is 23.0 Å². The van der Waals surface area contributed by atoms with Gasteiger partial charge < -0.3 is 20.2 Å². The van der Waals surface area contributed by atoms with E-state index in [1.54, 1.807) is 11.9 Å². The number of non-ortho nitro benzene ring substituents is 1. The molecule has 3 rings (SSSR count). The Kier molecular flexibility index (Phi) is 9.49. The first-order valence-electron chi connectivity index (χ1n) is 10.7. The molecule has 1 heterocycles. The van der Waals surface area contributed by atoms with Crippen molar-refractivity contribution in [1.29, 1.82) is 0 Å². The number of likely N-dealkylation sites (tertiary alicyclic amines) is 1.